The third kappa shape index (κ3) is 2.47. The molecule has 4 heteroatoms. The summed E-state index contributed by atoms with van der Waals surface area (Å²) in [4.78, 5) is 13.9. The Bertz CT molecular complexity index is 295. The highest BCUT2D eigenvalue weighted by Gasteiger charge is 2.44. The predicted octanol–water partition coefficient (Wildman–Crippen LogP) is 0.877. The molecular weight excluding hydrogens is 216 g/mol. The fourth-order valence-corrected chi connectivity index (χ4v) is 3.18. The molecule has 17 heavy (non-hydrogen) atoms. The summed E-state index contributed by atoms with van der Waals surface area (Å²) in [6.07, 6.45) is 5.65. The zero-order valence-electron chi connectivity index (χ0n) is 10.7. The van der Waals surface area contributed by atoms with E-state index in [4.69, 9.17) is 5.73 Å². The van der Waals surface area contributed by atoms with Crippen molar-refractivity contribution in [3.63, 3.8) is 0 Å². The minimum absolute atomic E-state index is 0.0557. The van der Waals surface area contributed by atoms with E-state index in [0.29, 0.717) is 19.5 Å². The first kappa shape index (κ1) is 12.8. The number of piperidine rings is 1. The summed E-state index contributed by atoms with van der Waals surface area (Å²) < 4.78 is 0. The Morgan fingerprint density at radius 2 is 2.29 bits per heavy atom. The number of carbonyl (C=O) groups excluding carboxylic acids is 1. The first-order valence-corrected chi connectivity index (χ1v) is 6.83. The Kier molecular flexibility index (Phi) is 3.73. The molecule has 3 unspecified atom stereocenters. The third-order valence-electron chi connectivity index (χ3n) is 4.50. The highest BCUT2D eigenvalue weighted by Crippen LogP contribution is 2.39. The summed E-state index contributed by atoms with van der Waals surface area (Å²) in [6.45, 7) is 3.30. The Hall–Kier alpha value is -0.610. The van der Waals surface area contributed by atoms with E-state index in [9.17, 15) is 9.90 Å². The van der Waals surface area contributed by atoms with Crippen molar-refractivity contribution < 1.29 is 9.90 Å². The molecule has 2 rings (SSSR count). The molecule has 2 fully saturated rings. The van der Waals surface area contributed by atoms with Gasteiger partial charge in [-0.3, -0.25) is 4.79 Å². The van der Waals surface area contributed by atoms with Crippen LogP contribution in [0.4, 0.5) is 0 Å². The van der Waals surface area contributed by atoms with E-state index >= 15 is 0 Å². The Morgan fingerprint density at radius 1 is 1.53 bits per heavy atom. The molecule has 2 aliphatic rings. The number of amides is 1. The topological polar surface area (TPSA) is 66.6 Å². The van der Waals surface area contributed by atoms with Crippen LogP contribution in [0.25, 0.3) is 0 Å². The van der Waals surface area contributed by atoms with Gasteiger partial charge < -0.3 is 15.7 Å². The monoisotopic (exact) mass is 240 g/mol. The van der Waals surface area contributed by atoms with Crippen LogP contribution in [0.15, 0.2) is 0 Å². The number of hydrogen-bond donors (Lipinski definition) is 2. The number of nitrogens with two attached hydrogens (primary N) is 1. The molecule has 0 aromatic carbocycles. The molecular formula is C13H24N2O2. The number of likely N-dealkylation sites (tertiary alicyclic amines) is 1. The van der Waals surface area contributed by atoms with Crippen LogP contribution in [-0.2, 0) is 4.79 Å². The van der Waals surface area contributed by atoms with E-state index in [2.05, 4.69) is 0 Å². The third-order valence-corrected chi connectivity index (χ3v) is 4.50. The maximum Gasteiger partial charge on any atom is 0.239 e. The molecule has 0 aromatic heterocycles. The van der Waals surface area contributed by atoms with E-state index in [1.54, 1.807) is 0 Å². The molecule has 4 nitrogen and oxygen atoms in total. The number of rotatable bonds is 2. The summed E-state index contributed by atoms with van der Waals surface area (Å²) in [7, 11) is 0. The maximum atomic E-state index is 12.0. The van der Waals surface area contributed by atoms with Gasteiger partial charge in [0.05, 0.1) is 11.6 Å². The lowest BCUT2D eigenvalue weighted by molar-refractivity contribution is -0.144. The second kappa shape index (κ2) is 4.94. The lowest BCUT2D eigenvalue weighted by Gasteiger charge is -2.47. The van der Waals surface area contributed by atoms with Crippen LogP contribution in [0, 0.1) is 5.92 Å². The van der Waals surface area contributed by atoms with Crippen molar-refractivity contribution in [1.29, 1.82) is 0 Å². The average molecular weight is 240 g/mol. The molecule has 1 aliphatic carbocycles. The molecule has 1 heterocycles. The van der Waals surface area contributed by atoms with Crippen LogP contribution in [0.1, 0.15) is 45.4 Å². The molecule has 0 spiro atoms. The first-order chi connectivity index (χ1) is 8.07. The van der Waals surface area contributed by atoms with Crippen LogP contribution in [0.3, 0.4) is 0 Å². The highest BCUT2D eigenvalue weighted by molar-refractivity contribution is 5.81. The summed E-state index contributed by atoms with van der Waals surface area (Å²) in [5, 5.41) is 10.5. The van der Waals surface area contributed by atoms with E-state index < -0.39 is 5.60 Å². The second-order valence-corrected chi connectivity index (χ2v) is 5.60. The van der Waals surface area contributed by atoms with Gasteiger partial charge in [0.1, 0.15) is 0 Å². The molecule has 1 saturated carbocycles. The summed E-state index contributed by atoms with van der Waals surface area (Å²) in [6, 6.07) is -0.371. The molecule has 1 aliphatic heterocycles. The lowest BCUT2D eigenvalue weighted by Crippen LogP contribution is -2.57. The number of carbonyl (C=O) groups is 1. The SMILES string of the molecule is CCC(N)C(=O)N1CCC2(O)CCCCC2C1. The number of aliphatic hydroxyl groups is 1. The molecule has 0 bridgehead atoms. The van der Waals surface area contributed by atoms with Crippen molar-refractivity contribution in [3.05, 3.63) is 0 Å². The molecule has 0 radical (unpaired) electrons. The van der Waals surface area contributed by atoms with Gasteiger partial charge in [-0.1, -0.05) is 19.8 Å². The summed E-state index contributed by atoms with van der Waals surface area (Å²) in [5.41, 5.74) is 5.29. The van der Waals surface area contributed by atoms with Gasteiger partial charge in [-0.2, -0.15) is 0 Å². The maximum absolute atomic E-state index is 12.0. The smallest absolute Gasteiger partial charge is 0.239 e. The second-order valence-electron chi connectivity index (χ2n) is 5.60. The molecule has 3 N–H and O–H groups in total. The normalized spacial score (nSPS) is 35.2. The Labute approximate surface area is 103 Å². The van der Waals surface area contributed by atoms with Gasteiger partial charge in [0.15, 0.2) is 0 Å². The van der Waals surface area contributed by atoms with E-state index in [1.165, 1.54) is 6.42 Å². The number of fused-ring (bicyclic) bond motifs is 1. The highest BCUT2D eigenvalue weighted by atomic mass is 16.3. The summed E-state index contributed by atoms with van der Waals surface area (Å²) >= 11 is 0. The van der Waals surface area contributed by atoms with E-state index in [0.717, 1.165) is 25.7 Å². The zero-order valence-corrected chi connectivity index (χ0v) is 10.7. The van der Waals surface area contributed by atoms with Gasteiger partial charge in [0.25, 0.3) is 0 Å². The molecule has 1 saturated heterocycles. The Morgan fingerprint density at radius 3 is 3.00 bits per heavy atom. The standard InChI is InChI=1S/C13H24N2O2/c1-2-11(14)12(16)15-8-7-13(17)6-4-3-5-10(13)9-15/h10-11,17H,2-9,14H2,1H3. The number of hydrogen-bond acceptors (Lipinski definition) is 3. The van der Waals surface area contributed by atoms with Crippen molar-refractivity contribution >= 4 is 5.91 Å². The lowest BCUT2D eigenvalue weighted by atomic mass is 9.71. The Balaban J connectivity index is 1.99. The van der Waals surface area contributed by atoms with Crippen molar-refractivity contribution in [1.82, 2.24) is 4.90 Å². The van der Waals surface area contributed by atoms with Gasteiger partial charge in [0.2, 0.25) is 5.91 Å². The first-order valence-electron chi connectivity index (χ1n) is 6.83. The van der Waals surface area contributed by atoms with Crippen molar-refractivity contribution in [3.8, 4) is 0 Å². The fraction of sp³-hybridized carbons (Fsp3) is 0.923. The zero-order chi connectivity index (χ0) is 12.5. The fourth-order valence-electron chi connectivity index (χ4n) is 3.18. The minimum Gasteiger partial charge on any atom is -0.389 e. The predicted molar refractivity (Wildman–Crippen MR) is 66.4 cm³/mol. The van der Waals surface area contributed by atoms with Gasteiger partial charge in [-0.15, -0.1) is 0 Å². The quantitative estimate of drug-likeness (QED) is 0.753. The van der Waals surface area contributed by atoms with Crippen molar-refractivity contribution in [2.24, 2.45) is 11.7 Å². The van der Waals surface area contributed by atoms with Gasteiger partial charge >= 0.3 is 0 Å². The largest absolute Gasteiger partial charge is 0.389 e. The summed E-state index contributed by atoms with van der Waals surface area (Å²) in [5.74, 6) is 0.318. The van der Waals surface area contributed by atoms with Gasteiger partial charge in [0, 0.05) is 19.0 Å². The average Bonchev–Trinajstić information content (AvgIpc) is 2.35. The van der Waals surface area contributed by atoms with Gasteiger partial charge in [-0.05, 0) is 25.7 Å². The van der Waals surface area contributed by atoms with E-state index in [1.807, 2.05) is 11.8 Å². The van der Waals surface area contributed by atoms with Crippen LogP contribution >= 0.6 is 0 Å². The molecule has 0 aromatic rings. The molecule has 1 amide bonds. The minimum atomic E-state index is -0.509. The van der Waals surface area contributed by atoms with Crippen LogP contribution in [0.2, 0.25) is 0 Å². The van der Waals surface area contributed by atoms with E-state index in [-0.39, 0.29) is 17.9 Å². The van der Waals surface area contributed by atoms with Crippen molar-refractivity contribution in [2.75, 3.05) is 13.1 Å². The van der Waals surface area contributed by atoms with Gasteiger partial charge in [-0.25, -0.2) is 0 Å². The molecule has 98 valence electrons. The van der Waals surface area contributed by atoms with Crippen LogP contribution in [-0.4, -0.2) is 40.6 Å². The van der Waals surface area contributed by atoms with Crippen molar-refractivity contribution in [2.45, 2.75) is 57.1 Å². The molecule has 3 atom stereocenters. The van der Waals surface area contributed by atoms with Crippen LogP contribution < -0.4 is 5.73 Å². The number of nitrogens with zero attached hydrogens (tertiary/aromatic N) is 1. The van der Waals surface area contributed by atoms with Crippen LogP contribution in [0.5, 0.6) is 0 Å².